The molecule has 1 aliphatic rings. The molecular weight excluding hydrogens is 228 g/mol. The topological polar surface area (TPSA) is 117 Å². The molecule has 3 N–H and O–H groups in total. The van der Waals surface area contributed by atoms with Crippen molar-refractivity contribution in [3.05, 3.63) is 0 Å². The molecular formula is C9H12N4O4. The van der Waals surface area contributed by atoms with Crippen LogP contribution in [-0.2, 0) is 9.59 Å². The third-order valence-corrected chi connectivity index (χ3v) is 2.42. The molecule has 92 valence electrons. The highest BCUT2D eigenvalue weighted by atomic mass is 16.5. The lowest BCUT2D eigenvalue weighted by molar-refractivity contribution is -0.139. The molecule has 2 rings (SSSR count). The fourth-order valence-corrected chi connectivity index (χ4v) is 1.46. The Morgan fingerprint density at radius 1 is 1.59 bits per heavy atom. The van der Waals surface area contributed by atoms with Gasteiger partial charge in [-0.1, -0.05) is 0 Å². The van der Waals surface area contributed by atoms with Crippen LogP contribution in [0.15, 0.2) is 0 Å². The minimum Gasteiger partial charge on any atom is -0.481 e. The number of amides is 1. The molecule has 0 spiro atoms. The van der Waals surface area contributed by atoms with Crippen LogP contribution in [-0.4, -0.2) is 38.8 Å². The predicted octanol–water partition coefficient (Wildman–Crippen LogP) is -0.137. The zero-order valence-electron chi connectivity index (χ0n) is 9.14. The molecule has 0 saturated heterocycles. The van der Waals surface area contributed by atoms with Crippen LogP contribution in [0.2, 0.25) is 0 Å². The van der Waals surface area contributed by atoms with E-state index in [9.17, 15) is 9.59 Å². The Bertz CT molecular complexity index is 444. The molecule has 1 fully saturated rings. The number of aliphatic carboxylic acids is 1. The van der Waals surface area contributed by atoms with Crippen LogP contribution >= 0.6 is 0 Å². The summed E-state index contributed by atoms with van der Waals surface area (Å²) in [5.41, 5.74) is 0. The molecule has 17 heavy (non-hydrogen) atoms. The fraction of sp³-hybridized carbons (Fsp3) is 0.556. The second-order valence-electron chi connectivity index (χ2n) is 3.68. The smallest absolute Gasteiger partial charge is 0.337 e. The first-order chi connectivity index (χ1) is 8.11. The number of aromatic amines is 1. The van der Waals surface area contributed by atoms with Crippen molar-refractivity contribution < 1.29 is 19.4 Å². The molecule has 1 heterocycles. The molecule has 1 aliphatic carbocycles. The number of carboxylic acid groups (broad SMARTS) is 1. The standard InChI is InChI=1S/C9H12N4O4/c1-2-17-9-11-8(12-13-9)10-6(14)4-3-5(4)7(15)16/h4-5H,2-3H2,1H3,(H,15,16)(H2,10,11,12,13,14). The molecule has 2 atom stereocenters. The fourth-order valence-electron chi connectivity index (χ4n) is 1.46. The normalized spacial score (nSPS) is 21.9. The van der Waals surface area contributed by atoms with E-state index in [1.807, 2.05) is 0 Å². The Labute approximate surface area is 96.4 Å². The summed E-state index contributed by atoms with van der Waals surface area (Å²) in [6.45, 7) is 2.21. The van der Waals surface area contributed by atoms with E-state index in [0.29, 0.717) is 13.0 Å². The Hall–Kier alpha value is -2.12. The Morgan fingerprint density at radius 3 is 2.94 bits per heavy atom. The summed E-state index contributed by atoms with van der Waals surface area (Å²) >= 11 is 0. The maximum Gasteiger partial charge on any atom is 0.337 e. The lowest BCUT2D eigenvalue weighted by atomic mass is 10.3. The SMILES string of the molecule is CCOc1n[nH]c(NC(=O)C2CC2C(=O)O)n1. The van der Waals surface area contributed by atoms with Crippen LogP contribution < -0.4 is 10.1 Å². The van der Waals surface area contributed by atoms with E-state index < -0.39 is 17.8 Å². The number of nitrogens with zero attached hydrogens (tertiary/aromatic N) is 2. The first kappa shape index (κ1) is 11.4. The van der Waals surface area contributed by atoms with Gasteiger partial charge in [-0.15, -0.1) is 5.10 Å². The third kappa shape index (κ3) is 2.52. The quantitative estimate of drug-likeness (QED) is 0.659. The van der Waals surface area contributed by atoms with E-state index in [2.05, 4.69) is 20.5 Å². The van der Waals surface area contributed by atoms with Crippen LogP contribution in [0.25, 0.3) is 0 Å². The Morgan fingerprint density at radius 2 is 2.35 bits per heavy atom. The first-order valence-corrected chi connectivity index (χ1v) is 5.20. The van der Waals surface area contributed by atoms with Crippen LogP contribution in [0.4, 0.5) is 5.95 Å². The summed E-state index contributed by atoms with van der Waals surface area (Å²) in [5, 5.41) is 17.3. The number of carboxylic acids is 1. The summed E-state index contributed by atoms with van der Waals surface area (Å²) in [5.74, 6) is -2.21. The highest BCUT2D eigenvalue weighted by molar-refractivity contribution is 5.97. The molecule has 1 aromatic rings. The minimum absolute atomic E-state index is 0.147. The maximum absolute atomic E-state index is 11.6. The summed E-state index contributed by atoms with van der Waals surface area (Å²) in [6.07, 6.45) is 0.369. The highest BCUT2D eigenvalue weighted by Crippen LogP contribution is 2.39. The highest BCUT2D eigenvalue weighted by Gasteiger charge is 2.48. The van der Waals surface area contributed by atoms with Crippen molar-refractivity contribution in [2.75, 3.05) is 11.9 Å². The second kappa shape index (κ2) is 4.40. The molecule has 0 radical (unpaired) electrons. The van der Waals surface area contributed by atoms with Crippen LogP contribution in [0.5, 0.6) is 6.01 Å². The number of aromatic nitrogens is 3. The summed E-state index contributed by atoms with van der Waals surface area (Å²) in [6, 6.07) is 0.147. The summed E-state index contributed by atoms with van der Waals surface area (Å²) in [7, 11) is 0. The molecule has 1 amide bonds. The summed E-state index contributed by atoms with van der Waals surface area (Å²) < 4.78 is 5.00. The van der Waals surface area contributed by atoms with Gasteiger partial charge in [-0.3, -0.25) is 14.9 Å². The average molecular weight is 240 g/mol. The Balaban J connectivity index is 1.88. The molecule has 1 saturated carbocycles. The molecule has 8 nitrogen and oxygen atoms in total. The molecule has 0 aromatic carbocycles. The van der Waals surface area contributed by atoms with E-state index in [4.69, 9.17) is 9.84 Å². The van der Waals surface area contributed by atoms with Gasteiger partial charge in [0.2, 0.25) is 11.9 Å². The lowest BCUT2D eigenvalue weighted by Gasteiger charge is -1.98. The molecule has 0 aliphatic heterocycles. The van der Waals surface area contributed by atoms with Gasteiger partial charge in [0.1, 0.15) is 0 Å². The van der Waals surface area contributed by atoms with Gasteiger partial charge >= 0.3 is 12.0 Å². The monoisotopic (exact) mass is 240 g/mol. The number of hydrogen-bond donors (Lipinski definition) is 3. The van der Waals surface area contributed by atoms with Crippen molar-refractivity contribution >= 4 is 17.8 Å². The number of ether oxygens (including phenoxy) is 1. The van der Waals surface area contributed by atoms with Gasteiger partial charge in [0, 0.05) is 0 Å². The van der Waals surface area contributed by atoms with E-state index in [1.54, 1.807) is 6.92 Å². The van der Waals surface area contributed by atoms with Gasteiger partial charge in [0.25, 0.3) is 0 Å². The second-order valence-corrected chi connectivity index (χ2v) is 3.68. The van der Waals surface area contributed by atoms with Crippen molar-refractivity contribution in [2.45, 2.75) is 13.3 Å². The van der Waals surface area contributed by atoms with Crippen molar-refractivity contribution in [3.8, 4) is 6.01 Å². The molecule has 2 unspecified atom stereocenters. The molecule has 8 heteroatoms. The van der Waals surface area contributed by atoms with Gasteiger partial charge in [0.05, 0.1) is 18.4 Å². The lowest BCUT2D eigenvalue weighted by Crippen LogP contribution is -2.17. The van der Waals surface area contributed by atoms with Crippen molar-refractivity contribution in [1.29, 1.82) is 0 Å². The first-order valence-electron chi connectivity index (χ1n) is 5.20. The van der Waals surface area contributed by atoms with Crippen molar-refractivity contribution in [1.82, 2.24) is 15.2 Å². The van der Waals surface area contributed by atoms with E-state index in [1.165, 1.54) is 0 Å². The number of anilines is 1. The zero-order chi connectivity index (χ0) is 12.4. The largest absolute Gasteiger partial charge is 0.481 e. The van der Waals surface area contributed by atoms with E-state index in [-0.39, 0.29) is 17.9 Å². The number of hydrogen-bond acceptors (Lipinski definition) is 5. The average Bonchev–Trinajstić information content (AvgIpc) is 2.97. The summed E-state index contributed by atoms with van der Waals surface area (Å²) in [4.78, 5) is 26.0. The van der Waals surface area contributed by atoms with Gasteiger partial charge in [0.15, 0.2) is 0 Å². The van der Waals surface area contributed by atoms with Gasteiger partial charge in [-0.2, -0.15) is 4.98 Å². The van der Waals surface area contributed by atoms with Crippen molar-refractivity contribution in [2.24, 2.45) is 11.8 Å². The minimum atomic E-state index is -0.947. The number of H-pyrrole nitrogens is 1. The van der Waals surface area contributed by atoms with Gasteiger partial charge in [-0.25, -0.2) is 5.10 Å². The van der Waals surface area contributed by atoms with E-state index in [0.717, 1.165) is 0 Å². The van der Waals surface area contributed by atoms with Gasteiger partial charge in [-0.05, 0) is 13.3 Å². The number of nitrogens with one attached hydrogen (secondary N) is 2. The molecule has 0 bridgehead atoms. The Kier molecular flexibility index (Phi) is 2.94. The van der Waals surface area contributed by atoms with Crippen LogP contribution in [0.3, 0.4) is 0 Å². The number of rotatable bonds is 5. The number of carbonyl (C=O) groups is 2. The van der Waals surface area contributed by atoms with Gasteiger partial charge < -0.3 is 9.84 Å². The van der Waals surface area contributed by atoms with Crippen molar-refractivity contribution in [3.63, 3.8) is 0 Å². The maximum atomic E-state index is 11.6. The van der Waals surface area contributed by atoms with Crippen LogP contribution in [0, 0.1) is 11.8 Å². The van der Waals surface area contributed by atoms with E-state index >= 15 is 0 Å². The zero-order valence-corrected chi connectivity index (χ0v) is 9.14. The molecule has 1 aromatic heterocycles. The van der Waals surface area contributed by atoms with Crippen LogP contribution in [0.1, 0.15) is 13.3 Å². The predicted molar refractivity (Wildman–Crippen MR) is 55.4 cm³/mol. The number of carbonyl (C=O) groups excluding carboxylic acids is 1. The third-order valence-electron chi connectivity index (χ3n) is 2.42.